The molecule has 2 aromatic rings. The van der Waals surface area contributed by atoms with Gasteiger partial charge in [0.2, 0.25) is 0 Å². The Kier molecular flexibility index (Phi) is 2.91. The lowest BCUT2D eigenvalue weighted by Gasteiger charge is -2.06. The molecule has 0 atom stereocenters. The Labute approximate surface area is 120 Å². The first kappa shape index (κ1) is 12.6. The number of carbonyl (C=O) groups is 2. The van der Waals surface area contributed by atoms with Gasteiger partial charge in [0, 0.05) is 18.9 Å². The smallest absolute Gasteiger partial charge is 0.261 e. The Morgan fingerprint density at radius 2 is 1.85 bits per heavy atom. The number of halogens is 1. The van der Waals surface area contributed by atoms with E-state index in [0.717, 1.165) is 4.90 Å². The summed E-state index contributed by atoms with van der Waals surface area (Å²) in [5, 5.41) is 3.61. The summed E-state index contributed by atoms with van der Waals surface area (Å²) in [4.78, 5) is 28.9. The van der Waals surface area contributed by atoms with E-state index >= 15 is 0 Å². The Bertz CT molecular complexity index is 713. The predicted octanol–water partition coefficient (Wildman–Crippen LogP) is 2.70. The lowest BCUT2D eigenvalue weighted by atomic mass is 10.1. The number of fused-ring (bicyclic) bond motifs is 1. The number of anilines is 2. The minimum atomic E-state index is -0.294. The number of nitrogens with one attached hydrogen (secondary N) is 1. The van der Waals surface area contributed by atoms with Gasteiger partial charge >= 0.3 is 0 Å². The number of pyridine rings is 1. The van der Waals surface area contributed by atoms with Gasteiger partial charge in [0.25, 0.3) is 11.8 Å². The van der Waals surface area contributed by atoms with Crippen molar-refractivity contribution < 1.29 is 9.59 Å². The van der Waals surface area contributed by atoms with Gasteiger partial charge in [0.15, 0.2) is 0 Å². The second-order valence-corrected chi connectivity index (χ2v) is 4.85. The average molecular weight is 288 g/mol. The van der Waals surface area contributed by atoms with E-state index < -0.39 is 0 Å². The summed E-state index contributed by atoms with van der Waals surface area (Å²) < 4.78 is 0. The van der Waals surface area contributed by atoms with Crippen molar-refractivity contribution in [3.05, 3.63) is 52.7 Å². The zero-order valence-electron chi connectivity index (χ0n) is 10.6. The number of benzene rings is 1. The van der Waals surface area contributed by atoms with E-state index in [4.69, 9.17) is 11.6 Å². The summed E-state index contributed by atoms with van der Waals surface area (Å²) >= 11 is 5.76. The maximum atomic E-state index is 11.9. The van der Waals surface area contributed by atoms with Crippen LogP contribution in [0.4, 0.5) is 11.5 Å². The fraction of sp³-hybridized carbons (Fsp3) is 0.0714. The molecule has 0 saturated carbocycles. The van der Waals surface area contributed by atoms with Gasteiger partial charge in [-0.05, 0) is 30.3 Å². The van der Waals surface area contributed by atoms with Crippen LogP contribution in [0.3, 0.4) is 0 Å². The van der Waals surface area contributed by atoms with Gasteiger partial charge in [-0.2, -0.15) is 0 Å². The Morgan fingerprint density at radius 1 is 1.10 bits per heavy atom. The third kappa shape index (κ3) is 2.02. The molecule has 3 rings (SSSR count). The molecular weight excluding hydrogens is 278 g/mol. The minimum Gasteiger partial charge on any atom is -0.340 e. The molecule has 100 valence electrons. The van der Waals surface area contributed by atoms with Crippen LogP contribution in [-0.2, 0) is 0 Å². The van der Waals surface area contributed by atoms with Gasteiger partial charge in [-0.1, -0.05) is 11.6 Å². The average Bonchev–Trinajstić information content (AvgIpc) is 2.66. The normalized spacial score (nSPS) is 13.6. The highest BCUT2D eigenvalue weighted by atomic mass is 35.5. The highest BCUT2D eigenvalue weighted by Crippen LogP contribution is 2.26. The summed E-state index contributed by atoms with van der Waals surface area (Å²) in [5.41, 5.74) is 1.51. The first-order valence-electron chi connectivity index (χ1n) is 5.91. The number of carbonyl (C=O) groups excluding carboxylic acids is 2. The number of aromatic nitrogens is 1. The van der Waals surface area contributed by atoms with Crippen LogP contribution in [0, 0.1) is 0 Å². The first-order valence-corrected chi connectivity index (χ1v) is 6.29. The van der Waals surface area contributed by atoms with Crippen molar-refractivity contribution in [3.8, 4) is 0 Å². The van der Waals surface area contributed by atoms with Crippen LogP contribution in [0.1, 0.15) is 20.7 Å². The van der Waals surface area contributed by atoms with Crippen LogP contribution in [-0.4, -0.2) is 28.7 Å². The molecule has 2 amide bonds. The molecule has 0 unspecified atom stereocenters. The molecule has 2 heterocycles. The van der Waals surface area contributed by atoms with E-state index in [0.29, 0.717) is 27.7 Å². The highest BCUT2D eigenvalue weighted by Gasteiger charge is 2.32. The lowest BCUT2D eigenvalue weighted by molar-refractivity contribution is 0.0693. The predicted molar refractivity (Wildman–Crippen MR) is 75.4 cm³/mol. The zero-order chi connectivity index (χ0) is 14.3. The molecule has 0 aliphatic carbocycles. The molecule has 6 heteroatoms. The van der Waals surface area contributed by atoms with Crippen molar-refractivity contribution in [1.29, 1.82) is 0 Å². The molecule has 0 fully saturated rings. The molecule has 1 aromatic heterocycles. The molecule has 1 aliphatic rings. The van der Waals surface area contributed by atoms with Gasteiger partial charge in [-0.25, -0.2) is 4.98 Å². The van der Waals surface area contributed by atoms with E-state index in [-0.39, 0.29) is 11.8 Å². The number of imide groups is 1. The third-order valence-corrected chi connectivity index (χ3v) is 3.31. The topological polar surface area (TPSA) is 62.3 Å². The van der Waals surface area contributed by atoms with E-state index in [1.165, 1.54) is 13.2 Å². The van der Waals surface area contributed by atoms with E-state index in [2.05, 4.69) is 10.3 Å². The van der Waals surface area contributed by atoms with Gasteiger partial charge in [-0.3, -0.25) is 14.5 Å². The molecule has 0 radical (unpaired) electrons. The first-order chi connectivity index (χ1) is 9.56. The van der Waals surface area contributed by atoms with E-state index in [9.17, 15) is 9.59 Å². The van der Waals surface area contributed by atoms with Crippen molar-refractivity contribution in [2.45, 2.75) is 0 Å². The van der Waals surface area contributed by atoms with Crippen LogP contribution in [0.25, 0.3) is 0 Å². The maximum absolute atomic E-state index is 11.9. The number of nitrogens with zero attached hydrogens (tertiary/aromatic N) is 2. The number of hydrogen-bond acceptors (Lipinski definition) is 4. The monoisotopic (exact) mass is 287 g/mol. The number of amides is 2. The lowest BCUT2D eigenvalue weighted by Crippen LogP contribution is -2.24. The maximum Gasteiger partial charge on any atom is 0.261 e. The highest BCUT2D eigenvalue weighted by molar-refractivity contribution is 6.30. The molecule has 1 aromatic carbocycles. The van der Waals surface area contributed by atoms with Crippen molar-refractivity contribution in [1.82, 2.24) is 9.88 Å². The quantitative estimate of drug-likeness (QED) is 0.863. The van der Waals surface area contributed by atoms with Crippen LogP contribution >= 0.6 is 11.6 Å². The summed E-state index contributed by atoms with van der Waals surface area (Å²) in [5.74, 6) is 0.0401. The standard InChI is InChI=1S/C14H10ClN3O2/c1-18-13(19)10-4-3-9(6-11(10)14(18)20)17-12-5-2-8(15)7-16-12/h2-7H,1H3,(H,16,17). The molecule has 20 heavy (non-hydrogen) atoms. The molecule has 0 spiro atoms. The van der Waals surface area contributed by atoms with Crippen molar-refractivity contribution in [2.75, 3.05) is 12.4 Å². The van der Waals surface area contributed by atoms with Crippen LogP contribution in [0.2, 0.25) is 5.02 Å². The molecular formula is C14H10ClN3O2. The van der Waals surface area contributed by atoms with Gasteiger partial charge in [0.05, 0.1) is 16.1 Å². The van der Waals surface area contributed by atoms with Crippen LogP contribution < -0.4 is 5.32 Å². The van der Waals surface area contributed by atoms with Crippen molar-refractivity contribution in [2.24, 2.45) is 0 Å². The van der Waals surface area contributed by atoms with E-state index in [1.807, 2.05) is 0 Å². The summed E-state index contributed by atoms with van der Waals surface area (Å²) in [7, 11) is 1.47. The number of hydrogen-bond donors (Lipinski definition) is 1. The zero-order valence-corrected chi connectivity index (χ0v) is 11.3. The minimum absolute atomic E-state index is 0.277. The van der Waals surface area contributed by atoms with Gasteiger partial charge in [0.1, 0.15) is 5.82 Å². The SMILES string of the molecule is CN1C(=O)c2ccc(Nc3ccc(Cl)cn3)cc2C1=O. The van der Waals surface area contributed by atoms with Crippen molar-refractivity contribution >= 4 is 34.9 Å². The van der Waals surface area contributed by atoms with Gasteiger partial charge < -0.3 is 5.32 Å². The third-order valence-electron chi connectivity index (χ3n) is 3.09. The second-order valence-electron chi connectivity index (χ2n) is 4.42. The largest absolute Gasteiger partial charge is 0.340 e. The van der Waals surface area contributed by atoms with Crippen molar-refractivity contribution in [3.63, 3.8) is 0 Å². The molecule has 1 aliphatic heterocycles. The fourth-order valence-electron chi connectivity index (χ4n) is 2.04. The Balaban J connectivity index is 1.92. The fourth-order valence-corrected chi connectivity index (χ4v) is 2.15. The Morgan fingerprint density at radius 3 is 2.55 bits per heavy atom. The van der Waals surface area contributed by atoms with Crippen LogP contribution in [0.15, 0.2) is 36.5 Å². The molecule has 0 bridgehead atoms. The second kappa shape index (κ2) is 4.61. The Hall–Kier alpha value is -2.40. The van der Waals surface area contributed by atoms with Crippen LogP contribution in [0.5, 0.6) is 0 Å². The summed E-state index contributed by atoms with van der Waals surface area (Å²) in [6.07, 6.45) is 1.53. The summed E-state index contributed by atoms with van der Waals surface area (Å²) in [6.45, 7) is 0. The molecule has 0 saturated heterocycles. The molecule has 1 N–H and O–H groups in total. The summed E-state index contributed by atoms with van der Waals surface area (Å²) in [6, 6.07) is 8.47. The number of rotatable bonds is 2. The van der Waals surface area contributed by atoms with Gasteiger partial charge in [-0.15, -0.1) is 0 Å². The molecule has 5 nitrogen and oxygen atoms in total. The van der Waals surface area contributed by atoms with E-state index in [1.54, 1.807) is 30.3 Å².